The van der Waals surface area contributed by atoms with E-state index in [0.717, 1.165) is 38.4 Å². The minimum absolute atomic E-state index is 0.970. The Labute approximate surface area is 119 Å². The zero-order valence-corrected chi connectivity index (χ0v) is 11.4. The quantitative estimate of drug-likeness (QED) is 0.408. The highest BCUT2D eigenvalue weighted by atomic mass is 15.2. The van der Waals surface area contributed by atoms with Crippen molar-refractivity contribution >= 4 is 38.4 Å². The van der Waals surface area contributed by atoms with Gasteiger partial charge in [-0.05, 0) is 24.3 Å². The molecule has 21 heavy (non-hydrogen) atoms. The molecule has 5 heteroatoms. The highest BCUT2D eigenvalue weighted by molar-refractivity contribution is 6.13. The summed E-state index contributed by atoms with van der Waals surface area (Å²) in [7, 11) is 2.00. The largest absolute Gasteiger partial charge is 0.334 e. The fourth-order valence-electron chi connectivity index (χ4n) is 3.06. The molecule has 0 N–H and O–H groups in total. The van der Waals surface area contributed by atoms with E-state index in [1.807, 2.05) is 47.0 Å². The van der Waals surface area contributed by atoms with Gasteiger partial charge in [0.25, 0.3) is 0 Å². The molecule has 0 aliphatic carbocycles. The lowest BCUT2D eigenvalue weighted by molar-refractivity contribution is 0.946. The SMILES string of the molecule is Cn1cnc2cc3c4cccnc4c4ccnn4c3cc21. The van der Waals surface area contributed by atoms with E-state index < -0.39 is 0 Å². The van der Waals surface area contributed by atoms with Crippen LogP contribution in [-0.2, 0) is 7.05 Å². The second-order valence-corrected chi connectivity index (χ2v) is 5.24. The summed E-state index contributed by atoms with van der Waals surface area (Å²) in [5.74, 6) is 0. The van der Waals surface area contributed by atoms with Crippen molar-refractivity contribution in [1.82, 2.24) is 24.1 Å². The molecule has 1 aromatic carbocycles. The van der Waals surface area contributed by atoms with Crippen molar-refractivity contribution in [2.45, 2.75) is 0 Å². The Bertz CT molecular complexity index is 1150. The molecule has 5 nitrogen and oxygen atoms in total. The van der Waals surface area contributed by atoms with Crippen LogP contribution in [0.2, 0.25) is 0 Å². The first kappa shape index (κ1) is 10.8. The molecule has 0 spiro atoms. The summed E-state index contributed by atoms with van der Waals surface area (Å²) in [6.07, 6.45) is 5.47. The highest BCUT2D eigenvalue weighted by Crippen LogP contribution is 2.30. The number of imidazole rings is 1. The van der Waals surface area contributed by atoms with E-state index in [2.05, 4.69) is 33.3 Å². The van der Waals surface area contributed by atoms with Crippen LogP contribution in [0.4, 0.5) is 0 Å². The number of pyridine rings is 2. The number of hydrogen-bond donors (Lipinski definition) is 0. The van der Waals surface area contributed by atoms with Crippen molar-refractivity contribution in [3.05, 3.63) is 49.1 Å². The van der Waals surface area contributed by atoms with Crippen LogP contribution in [0.3, 0.4) is 0 Å². The van der Waals surface area contributed by atoms with Gasteiger partial charge in [-0.1, -0.05) is 6.07 Å². The second-order valence-electron chi connectivity index (χ2n) is 5.24. The molecule has 0 aliphatic rings. The predicted octanol–water partition coefficient (Wildman–Crippen LogP) is 2.92. The average molecular weight is 273 g/mol. The van der Waals surface area contributed by atoms with E-state index in [1.54, 1.807) is 0 Å². The van der Waals surface area contributed by atoms with Gasteiger partial charge in [-0.3, -0.25) is 4.98 Å². The Balaban J connectivity index is 2.19. The molecular formula is C16H11N5. The number of aromatic nitrogens is 5. The van der Waals surface area contributed by atoms with Crippen molar-refractivity contribution < 1.29 is 0 Å². The topological polar surface area (TPSA) is 48.0 Å². The molecule has 4 aromatic heterocycles. The number of benzene rings is 1. The van der Waals surface area contributed by atoms with E-state index in [9.17, 15) is 0 Å². The Morgan fingerprint density at radius 1 is 0.905 bits per heavy atom. The molecule has 0 fully saturated rings. The van der Waals surface area contributed by atoms with E-state index >= 15 is 0 Å². The summed E-state index contributed by atoms with van der Waals surface area (Å²) in [6, 6.07) is 10.3. The lowest BCUT2D eigenvalue weighted by Gasteiger charge is -2.07. The van der Waals surface area contributed by atoms with Crippen LogP contribution >= 0.6 is 0 Å². The van der Waals surface area contributed by atoms with Crippen LogP contribution in [0.25, 0.3) is 38.4 Å². The first-order chi connectivity index (χ1) is 10.3. The zero-order chi connectivity index (χ0) is 14.0. The molecule has 5 rings (SSSR count). The molecule has 0 aliphatic heterocycles. The lowest BCUT2D eigenvalue weighted by Crippen LogP contribution is -1.94. The molecule has 0 bridgehead atoms. The minimum atomic E-state index is 0.970. The van der Waals surface area contributed by atoms with Gasteiger partial charge < -0.3 is 4.57 Å². The Kier molecular flexibility index (Phi) is 1.84. The van der Waals surface area contributed by atoms with Gasteiger partial charge in [-0.15, -0.1) is 0 Å². The van der Waals surface area contributed by atoms with E-state index in [-0.39, 0.29) is 0 Å². The van der Waals surface area contributed by atoms with Gasteiger partial charge in [0, 0.05) is 24.0 Å². The van der Waals surface area contributed by atoms with Gasteiger partial charge in [0.05, 0.1) is 40.1 Å². The van der Waals surface area contributed by atoms with Gasteiger partial charge in [0.15, 0.2) is 0 Å². The van der Waals surface area contributed by atoms with E-state index in [1.165, 1.54) is 0 Å². The number of hydrogen-bond acceptors (Lipinski definition) is 3. The Morgan fingerprint density at radius 2 is 1.86 bits per heavy atom. The summed E-state index contributed by atoms with van der Waals surface area (Å²) in [6.45, 7) is 0. The van der Waals surface area contributed by atoms with E-state index in [4.69, 9.17) is 0 Å². The molecule has 0 saturated carbocycles. The molecule has 0 atom stereocenters. The van der Waals surface area contributed by atoms with Crippen molar-refractivity contribution in [1.29, 1.82) is 0 Å². The first-order valence-corrected chi connectivity index (χ1v) is 6.78. The van der Waals surface area contributed by atoms with Crippen molar-refractivity contribution in [3.8, 4) is 0 Å². The van der Waals surface area contributed by atoms with Gasteiger partial charge in [-0.25, -0.2) is 9.50 Å². The van der Waals surface area contributed by atoms with Crippen LogP contribution < -0.4 is 0 Å². The molecule has 0 amide bonds. The number of nitrogens with zero attached hydrogens (tertiary/aromatic N) is 5. The summed E-state index contributed by atoms with van der Waals surface area (Å²) in [4.78, 5) is 8.99. The fraction of sp³-hybridized carbons (Fsp3) is 0.0625. The molecular weight excluding hydrogens is 262 g/mol. The van der Waals surface area contributed by atoms with Crippen LogP contribution in [0, 0.1) is 0 Å². The fourth-order valence-corrected chi connectivity index (χ4v) is 3.06. The summed E-state index contributed by atoms with van der Waals surface area (Å²) in [5.41, 5.74) is 5.16. The third kappa shape index (κ3) is 1.27. The molecule has 0 saturated heterocycles. The van der Waals surface area contributed by atoms with Crippen LogP contribution in [-0.4, -0.2) is 24.1 Å². The van der Waals surface area contributed by atoms with Crippen LogP contribution in [0.5, 0.6) is 0 Å². The maximum absolute atomic E-state index is 4.53. The highest BCUT2D eigenvalue weighted by Gasteiger charge is 2.12. The Hall–Kier alpha value is -2.95. The molecule has 0 radical (unpaired) electrons. The maximum Gasteiger partial charge on any atom is 0.0966 e. The average Bonchev–Trinajstić information content (AvgIpc) is 3.14. The minimum Gasteiger partial charge on any atom is -0.334 e. The zero-order valence-electron chi connectivity index (χ0n) is 11.4. The number of rotatable bonds is 0. The predicted molar refractivity (Wildman–Crippen MR) is 82.3 cm³/mol. The van der Waals surface area contributed by atoms with Gasteiger partial charge >= 0.3 is 0 Å². The first-order valence-electron chi connectivity index (χ1n) is 6.78. The van der Waals surface area contributed by atoms with Gasteiger partial charge in [0.2, 0.25) is 0 Å². The van der Waals surface area contributed by atoms with Crippen molar-refractivity contribution in [3.63, 3.8) is 0 Å². The molecule has 0 unspecified atom stereocenters. The summed E-state index contributed by atoms with van der Waals surface area (Å²) >= 11 is 0. The van der Waals surface area contributed by atoms with E-state index in [0.29, 0.717) is 0 Å². The summed E-state index contributed by atoms with van der Waals surface area (Å²) in [5, 5.41) is 6.72. The van der Waals surface area contributed by atoms with Crippen molar-refractivity contribution in [2.24, 2.45) is 7.05 Å². The third-order valence-electron chi connectivity index (χ3n) is 4.05. The maximum atomic E-state index is 4.53. The smallest absolute Gasteiger partial charge is 0.0966 e. The van der Waals surface area contributed by atoms with Crippen LogP contribution in [0.15, 0.2) is 49.1 Å². The normalized spacial score (nSPS) is 12.0. The lowest BCUT2D eigenvalue weighted by atomic mass is 10.1. The van der Waals surface area contributed by atoms with Gasteiger partial charge in [0.1, 0.15) is 0 Å². The molecule has 100 valence electrons. The number of aryl methyl sites for hydroxylation is 1. The molecule has 4 heterocycles. The van der Waals surface area contributed by atoms with Crippen molar-refractivity contribution in [2.75, 3.05) is 0 Å². The molecule has 5 aromatic rings. The summed E-state index contributed by atoms with van der Waals surface area (Å²) < 4.78 is 3.98. The van der Waals surface area contributed by atoms with Gasteiger partial charge in [-0.2, -0.15) is 5.10 Å². The second kappa shape index (κ2) is 3.58. The Morgan fingerprint density at radius 3 is 2.81 bits per heavy atom. The van der Waals surface area contributed by atoms with Crippen LogP contribution in [0.1, 0.15) is 0 Å². The monoisotopic (exact) mass is 273 g/mol. The number of fused-ring (bicyclic) bond motifs is 7. The third-order valence-corrected chi connectivity index (χ3v) is 4.05. The standard InChI is InChI=1S/C16H11N5/c1-20-9-18-12-7-11-10-3-2-5-17-16(10)13-4-6-19-21(13)14(11)8-15(12)20/h2-9H,1H3.